The van der Waals surface area contributed by atoms with Gasteiger partial charge in [-0.3, -0.25) is 9.59 Å². The van der Waals surface area contributed by atoms with Crippen LogP contribution in [-0.4, -0.2) is 16.3 Å². The second kappa shape index (κ2) is 7.39. The van der Waals surface area contributed by atoms with Gasteiger partial charge < -0.3 is 9.52 Å². The summed E-state index contributed by atoms with van der Waals surface area (Å²) in [7, 11) is 0. The standard InChI is InChI=1S/C20H11Cl2NO4S/c21-11-4-6-16(22)15(8-11)17-7-5-14(27-17)10-18-19(25)23(20(26)28-18)12-2-1-3-13(24)9-12/h1-10,24H/b18-10+. The van der Waals surface area contributed by atoms with Crippen molar-refractivity contribution < 1.29 is 19.1 Å². The van der Waals surface area contributed by atoms with E-state index in [1.807, 2.05) is 0 Å². The molecule has 0 radical (unpaired) electrons. The van der Waals surface area contributed by atoms with Gasteiger partial charge in [0.1, 0.15) is 17.3 Å². The Morgan fingerprint density at radius 3 is 2.64 bits per heavy atom. The second-order valence-corrected chi connectivity index (χ2v) is 7.70. The fourth-order valence-corrected chi connectivity index (χ4v) is 3.92. The second-order valence-electron chi connectivity index (χ2n) is 5.86. The molecule has 1 aliphatic heterocycles. The summed E-state index contributed by atoms with van der Waals surface area (Å²) in [5.74, 6) is 0.368. The highest BCUT2D eigenvalue weighted by atomic mass is 35.5. The summed E-state index contributed by atoms with van der Waals surface area (Å²) < 4.78 is 5.76. The first-order chi connectivity index (χ1) is 13.4. The van der Waals surface area contributed by atoms with E-state index in [-0.39, 0.29) is 10.7 Å². The number of carbonyl (C=O) groups is 2. The Bertz CT molecular complexity index is 1140. The third kappa shape index (κ3) is 3.54. The van der Waals surface area contributed by atoms with E-state index < -0.39 is 11.1 Å². The lowest BCUT2D eigenvalue weighted by molar-refractivity contribution is -0.113. The van der Waals surface area contributed by atoms with Gasteiger partial charge in [0.2, 0.25) is 0 Å². The molecule has 0 unspecified atom stereocenters. The number of phenols is 1. The molecule has 0 atom stereocenters. The third-order valence-corrected chi connectivity index (χ3v) is 5.41. The summed E-state index contributed by atoms with van der Waals surface area (Å²) in [6.07, 6.45) is 1.50. The molecule has 140 valence electrons. The zero-order valence-corrected chi connectivity index (χ0v) is 16.4. The van der Waals surface area contributed by atoms with Gasteiger partial charge in [-0.25, -0.2) is 4.90 Å². The number of rotatable bonds is 3. The van der Waals surface area contributed by atoms with Crippen molar-refractivity contribution in [3.8, 4) is 17.1 Å². The molecule has 0 spiro atoms. The number of furan rings is 1. The van der Waals surface area contributed by atoms with Gasteiger partial charge in [-0.05, 0) is 54.2 Å². The highest BCUT2D eigenvalue weighted by Gasteiger charge is 2.36. The van der Waals surface area contributed by atoms with Crippen LogP contribution in [0.2, 0.25) is 10.0 Å². The molecule has 28 heavy (non-hydrogen) atoms. The third-order valence-electron chi connectivity index (χ3n) is 3.98. The normalized spacial score (nSPS) is 15.6. The van der Waals surface area contributed by atoms with Crippen molar-refractivity contribution in [3.05, 3.63) is 75.3 Å². The predicted octanol–water partition coefficient (Wildman–Crippen LogP) is 6.20. The van der Waals surface area contributed by atoms with Crippen molar-refractivity contribution in [2.75, 3.05) is 4.90 Å². The Kier molecular flexibility index (Phi) is 4.93. The number of anilines is 1. The molecule has 1 N–H and O–H groups in total. The number of phenolic OH excluding ortho intramolecular Hbond substituents is 1. The Labute approximate surface area is 174 Å². The summed E-state index contributed by atoms with van der Waals surface area (Å²) in [6.45, 7) is 0. The number of halogens is 2. The molecule has 1 fully saturated rings. The van der Waals surface area contributed by atoms with Crippen molar-refractivity contribution in [1.82, 2.24) is 0 Å². The number of thioether (sulfide) groups is 1. The lowest BCUT2D eigenvalue weighted by Crippen LogP contribution is -2.27. The lowest BCUT2D eigenvalue weighted by atomic mass is 10.2. The molecule has 3 aromatic rings. The van der Waals surface area contributed by atoms with E-state index in [4.69, 9.17) is 27.6 Å². The quantitative estimate of drug-likeness (QED) is 0.499. The van der Waals surface area contributed by atoms with Crippen LogP contribution in [0.15, 0.2) is 63.9 Å². The molecule has 1 aliphatic rings. The highest BCUT2D eigenvalue weighted by molar-refractivity contribution is 8.19. The number of amides is 2. The van der Waals surface area contributed by atoms with Crippen LogP contribution in [0, 0.1) is 0 Å². The monoisotopic (exact) mass is 431 g/mol. The van der Waals surface area contributed by atoms with Crippen LogP contribution in [0.5, 0.6) is 5.75 Å². The van der Waals surface area contributed by atoms with Crippen LogP contribution in [-0.2, 0) is 4.79 Å². The molecular formula is C20H11Cl2NO4S. The van der Waals surface area contributed by atoms with E-state index in [0.717, 1.165) is 16.7 Å². The Hall–Kier alpha value is -2.67. The fraction of sp³-hybridized carbons (Fsp3) is 0. The molecule has 0 bridgehead atoms. The molecule has 8 heteroatoms. The van der Waals surface area contributed by atoms with Gasteiger partial charge in [0.15, 0.2) is 0 Å². The topological polar surface area (TPSA) is 70.8 Å². The van der Waals surface area contributed by atoms with E-state index in [1.54, 1.807) is 42.5 Å². The van der Waals surface area contributed by atoms with Gasteiger partial charge >= 0.3 is 0 Å². The molecule has 5 nitrogen and oxygen atoms in total. The minimum atomic E-state index is -0.487. The molecule has 2 heterocycles. The van der Waals surface area contributed by atoms with Gasteiger partial charge in [0.05, 0.1) is 15.6 Å². The van der Waals surface area contributed by atoms with Crippen molar-refractivity contribution >= 4 is 57.9 Å². The smallest absolute Gasteiger partial charge is 0.298 e. The number of benzene rings is 2. The molecule has 1 aromatic heterocycles. The van der Waals surface area contributed by atoms with Crippen molar-refractivity contribution in [2.45, 2.75) is 0 Å². The van der Waals surface area contributed by atoms with Crippen LogP contribution in [0.25, 0.3) is 17.4 Å². The van der Waals surface area contributed by atoms with E-state index in [2.05, 4.69) is 0 Å². The Morgan fingerprint density at radius 2 is 1.86 bits per heavy atom. The maximum absolute atomic E-state index is 12.7. The molecule has 2 aromatic carbocycles. The SMILES string of the molecule is O=C1S/C(=C/c2ccc(-c3cc(Cl)ccc3Cl)o2)C(=O)N1c1cccc(O)c1. The fourth-order valence-electron chi connectivity index (χ4n) is 2.71. The Morgan fingerprint density at radius 1 is 1.04 bits per heavy atom. The number of carbonyl (C=O) groups excluding carboxylic acids is 2. The molecule has 2 amide bonds. The first-order valence-corrected chi connectivity index (χ1v) is 9.62. The Balaban J connectivity index is 1.64. The van der Waals surface area contributed by atoms with E-state index in [0.29, 0.717) is 32.8 Å². The zero-order valence-electron chi connectivity index (χ0n) is 14.1. The van der Waals surface area contributed by atoms with Crippen molar-refractivity contribution in [3.63, 3.8) is 0 Å². The number of hydrogen-bond acceptors (Lipinski definition) is 5. The van der Waals surface area contributed by atoms with Crippen LogP contribution < -0.4 is 4.90 Å². The summed E-state index contributed by atoms with van der Waals surface area (Å²) >= 11 is 13.0. The number of imide groups is 1. The predicted molar refractivity (Wildman–Crippen MR) is 111 cm³/mol. The van der Waals surface area contributed by atoms with Gasteiger partial charge in [-0.2, -0.15) is 0 Å². The number of hydrogen-bond donors (Lipinski definition) is 1. The highest BCUT2D eigenvalue weighted by Crippen LogP contribution is 2.38. The van der Waals surface area contributed by atoms with Gasteiger partial charge in [-0.1, -0.05) is 29.3 Å². The minimum Gasteiger partial charge on any atom is -0.508 e. The maximum Gasteiger partial charge on any atom is 0.298 e. The molecule has 0 aliphatic carbocycles. The van der Waals surface area contributed by atoms with Crippen molar-refractivity contribution in [2.24, 2.45) is 0 Å². The molecule has 1 saturated heterocycles. The van der Waals surface area contributed by atoms with Gasteiger partial charge in [0, 0.05) is 22.7 Å². The zero-order chi connectivity index (χ0) is 19.8. The van der Waals surface area contributed by atoms with Gasteiger partial charge in [0.25, 0.3) is 11.1 Å². The van der Waals surface area contributed by atoms with Crippen LogP contribution in [0.3, 0.4) is 0 Å². The summed E-state index contributed by atoms with van der Waals surface area (Å²) in [5.41, 5.74) is 0.929. The first kappa shape index (κ1) is 18.7. The van der Waals surface area contributed by atoms with Crippen LogP contribution in [0.1, 0.15) is 5.76 Å². The van der Waals surface area contributed by atoms with Crippen LogP contribution in [0.4, 0.5) is 10.5 Å². The summed E-state index contributed by atoms with van der Waals surface area (Å²) in [6, 6.07) is 14.4. The van der Waals surface area contributed by atoms with E-state index in [9.17, 15) is 14.7 Å². The molecule has 0 saturated carbocycles. The van der Waals surface area contributed by atoms with Crippen molar-refractivity contribution in [1.29, 1.82) is 0 Å². The lowest BCUT2D eigenvalue weighted by Gasteiger charge is -2.12. The summed E-state index contributed by atoms with van der Waals surface area (Å²) in [5, 5.41) is 10.1. The molecule has 4 rings (SSSR count). The van der Waals surface area contributed by atoms with Crippen LogP contribution >= 0.6 is 35.0 Å². The average molecular weight is 432 g/mol. The van der Waals surface area contributed by atoms with E-state index in [1.165, 1.54) is 18.2 Å². The molecular weight excluding hydrogens is 421 g/mol. The average Bonchev–Trinajstić information content (AvgIpc) is 3.22. The largest absolute Gasteiger partial charge is 0.508 e. The van der Waals surface area contributed by atoms with E-state index >= 15 is 0 Å². The number of nitrogens with zero attached hydrogens (tertiary/aromatic N) is 1. The first-order valence-electron chi connectivity index (χ1n) is 8.04. The number of aromatic hydroxyl groups is 1. The summed E-state index contributed by atoms with van der Waals surface area (Å²) in [4.78, 5) is 26.2. The van der Waals surface area contributed by atoms with Gasteiger partial charge in [-0.15, -0.1) is 0 Å². The minimum absolute atomic E-state index is 0.0328. The maximum atomic E-state index is 12.7.